The van der Waals surface area contributed by atoms with E-state index in [9.17, 15) is 0 Å². The smallest absolute Gasteiger partial charge is 0.229 e. The minimum absolute atomic E-state index is 0.505. The van der Waals surface area contributed by atoms with Gasteiger partial charge in [0.2, 0.25) is 5.95 Å². The van der Waals surface area contributed by atoms with Crippen LogP contribution in [0.4, 0.5) is 23.0 Å². The molecule has 0 aliphatic carbocycles. The van der Waals surface area contributed by atoms with Gasteiger partial charge >= 0.3 is 0 Å². The van der Waals surface area contributed by atoms with Crippen LogP contribution in [0.2, 0.25) is 0 Å². The largest absolute Gasteiger partial charge is 0.497 e. The maximum atomic E-state index is 5.35. The summed E-state index contributed by atoms with van der Waals surface area (Å²) in [6, 6.07) is 17.1. The van der Waals surface area contributed by atoms with Gasteiger partial charge in [-0.3, -0.25) is 0 Å². The zero-order chi connectivity index (χ0) is 23.5. The molecular formula is C26H31N7O. The molecule has 0 bridgehead atoms. The van der Waals surface area contributed by atoms with Crippen molar-refractivity contribution in [2.45, 2.75) is 19.5 Å². The van der Waals surface area contributed by atoms with Crippen molar-refractivity contribution in [3.05, 3.63) is 66.5 Å². The van der Waals surface area contributed by atoms with Crippen LogP contribution in [0.3, 0.4) is 0 Å². The third-order valence-corrected chi connectivity index (χ3v) is 6.29. The Morgan fingerprint density at radius 3 is 2.76 bits per heavy atom. The van der Waals surface area contributed by atoms with E-state index < -0.39 is 0 Å². The number of hydrogen-bond donors (Lipinski definition) is 3. The van der Waals surface area contributed by atoms with Crippen molar-refractivity contribution in [1.82, 2.24) is 19.9 Å². The van der Waals surface area contributed by atoms with E-state index in [0.29, 0.717) is 18.5 Å². The number of piperazine rings is 1. The van der Waals surface area contributed by atoms with Gasteiger partial charge in [0.05, 0.1) is 13.7 Å². The average molecular weight is 458 g/mol. The van der Waals surface area contributed by atoms with Crippen LogP contribution < -0.4 is 25.6 Å². The van der Waals surface area contributed by atoms with Crippen molar-refractivity contribution in [2.75, 3.05) is 49.3 Å². The molecule has 0 spiro atoms. The Balaban J connectivity index is 1.34. The molecule has 5 rings (SSSR count). The molecule has 1 atom stereocenters. The fraction of sp³-hybridized carbons (Fsp3) is 0.308. The molecule has 1 aliphatic heterocycles. The van der Waals surface area contributed by atoms with E-state index in [1.807, 2.05) is 31.4 Å². The molecule has 8 heteroatoms. The van der Waals surface area contributed by atoms with Gasteiger partial charge < -0.3 is 30.2 Å². The van der Waals surface area contributed by atoms with Crippen LogP contribution in [-0.4, -0.2) is 54.4 Å². The summed E-state index contributed by atoms with van der Waals surface area (Å²) in [6.07, 6.45) is 3.92. The second-order valence-electron chi connectivity index (χ2n) is 8.66. The number of nitrogens with one attached hydrogen (secondary N) is 3. The van der Waals surface area contributed by atoms with Crippen LogP contribution in [0.15, 0.2) is 60.9 Å². The summed E-state index contributed by atoms with van der Waals surface area (Å²) in [6.45, 7) is 5.98. The number of hydrogen-bond acceptors (Lipinski definition) is 7. The predicted molar refractivity (Wildman–Crippen MR) is 139 cm³/mol. The Morgan fingerprint density at radius 1 is 1.15 bits per heavy atom. The second-order valence-corrected chi connectivity index (χ2v) is 8.66. The number of benzene rings is 2. The molecular weight excluding hydrogens is 426 g/mol. The summed E-state index contributed by atoms with van der Waals surface area (Å²) in [5.41, 5.74) is 5.29. The van der Waals surface area contributed by atoms with Gasteiger partial charge in [-0.2, -0.15) is 4.98 Å². The summed E-state index contributed by atoms with van der Waals surface area (Å²) in [5, 5.41) is 11.1. The molecule has 2 aromatic heterocycles. The first-order valence-electron chi connectivity index (χ1n) is 11.6. The number of methoxy groups -OCH3 is 1. The maximum Gasteiger partial charge on any atom is 0.229 e. The van der Waals surface area contributed by atoms with Crippen molar-refractivity contribution in [1.29, 1.82) is 0 Å². The molecule has 0 saturated carbocycles. The Bertz CT molecular complexity index is 1270. The van der Waals surface area contributed by atoms with Gasteiger partial charge in [-0.1, -0.05) is 6.07 Å². The number of nitrogens with zero attached hydrogens (tertiary/aromatic N) is 4. The molecule has 8 nitrogen and oxygen atoms in total. The molecule has 4 aromatic rings. The van der Waals surface area contributed by atoms with Crippen LogP contribution in [0.25, 0.3) is 11.0 Å². The SMILES string of the molecule is CNc1cc(OC)ccc1Cn1ccc2cnc(Nc3ccc(N4CCN[C@@H](C)C4)cc3)nc21. The van der Waals surface area contributed by atoms with Crippen LogP contribution in [0.5, 0.6) is 5.75 Å². The molecule has 3 N–H and O–H groups in total. The van der Waals surface area contributed by atoms with E-state index in [4.69, 9.17) is 9.72 Å². The second kappa shape index (κ2) is 9.61. The van der Waals surface area contributed by atoms with E-state index in [1.54, 1.807) is 7.11 Å². The Labute approximate surface area is 200 Å². The summed E-state index contributed by atoms with van der Waals surface area (Å²) in [4.78, 5) is 11.7. The van der Waals surface area contributed by atoms with E-state index in [0.717, 1.165) is 53.4 Å². The van der Waals surface area contributed by atoms with Gasteiger partial charge in [0.15, 0.2) is 0 Å². The summed E-state index contributed by atoms with van der Waals surface area (Å²) < 4.78 is 7.49. The first-order valence-corrected chi connectivity index (χ1v) is 11.6. The van der Waals surface area contributed by atoms with Gasteiger partial charge in [0, 0.05) is 73.6 Å². The highest BCUT2D eigenvalue weighted by Crippen LogP contribution is 2.26. The van der Waals surface area contributed by atoms with Crippen molar-refractivity contribution >= 4 is 34.0 Å². The highest BCUT2D eigenvalue weighted by molar-refractivity contribution is 5.77. The lowest BCUT2D eigenvalue weighted by Gasteiger charge is -2.33. The lowest BCUT2D eigenvalue weighted by atomic mass is 10.1. The normalized spacial score (nSPS) is 16.0. The number of ether oxygens (including phenoxy) is 1. The van der Waals surface area contributed by atoms with Crippen molar-refractivity contribution in [2.24, 2.45) is 0 Å². The van der Waals surface area contributed by atoms with Crippen LogP contribution in [0.1, 0.15) is 12.5 Å². The summed E-state index contributed by atoms with van der Waals surface area (Å²) in [5.74, 6) is 1.41. The third kappa shape index (κ3) is 4.63. The first-order chi connectivity index (χ1) is 16.6. The minimum Gasteiger partial charge on any atom is -0.497 e. The lowest BCUT2D eigenvalue weighted by Crippen LogP contribution is -2.49. The number of rotatable bonds is 7. The Kier molecular flexibility index (Phi) is 6.22. The molecule has 1 aliphatic rings. The zero-order valence-electron chi connectivity index (χ0n) is 19.9. The first kappa shape index (κ1) is 22.0. The van der Waals surface area contributed by atoms with E-state index in [2.05, 4.69) is 73.9 Å². The molecule has 0 radical (unpaired) electrons. The molecule has 176 valence electrons. The van der Waals surface area contributed by atoms with Gasteiger partial charge in [-0.15, -0.1) is 0 Å². The number of anilines is 4. The highest BCUT2D eigenvalue weighted by atomic mass is 16.5. The lowest BCUT2D eigenvalue weighted by molar-refractivity contribution is 0.415. The van der Waals surface area contributed by atoms with Crippen LogP contribution >= 0.6 is 0 Å². The highest BCUT2D eigenvalue weighted by Gasteiger charge is 2.16. The van der Waals surface area contributed by atoms with Crippen molar-refractivity contribution < 1.29 is 4.74 Å². The van der Waals surface area contributed by atoms with Gasteiger partial charge in [0.1, 0.15) is 11.4 Å². The monoisotopic (exact) mass is 457 g/mol. The number of aromatic nitrogens is 3. The van der Waals surface area contributed by atoms with E-state index in [-0.39, 0.29) is 0 Å². The summed E-state index contributed by atoms with van der Waals surface area (Å²) >= 11 is 0. The van der Waals surface area contributed by atoms with Gasteiger partial charge in [-0.25, -0.2) is 4.98 Å². The number of fused-ring (bicyclic) bond motifs is 1. The molecule has 2 aromatic carbocycles. The minimum atomic E-state index is 0.505. The van der Waals surface area contributed by atoms with Crippen LogP contribution in [-0.2, 0) is 6.54 Å². The molecule has 3 heterocycles. The van der Waals surface area contributed by atoms with Gasteiger partial charge in [0.25, 0.3) is 0 Å². The molecule has 1 saturated heterocycles. The maximum absolute atomic E-state index is 5.35. The fourth-order valence-corrected chi connectivity index (χ4v) is 4.45. The molecule has 1 fully saturated rings. The standard InChI is InChI=1S/C26H31N7O/c1-18-16-32(13-11-28-18)22-7-5-21(6-8-22)30-26-29-15-19-10-12-33(25(19)31-26)17-20-4-9-23(34-3)14-24(20)27-2/h4-10,12,14-15,18,27-28H,11,13,16-17H2,1-3H3,(H,29,30,31)/t18-/m0/s1. The molecule has 0 unspecified atom stereocenters. The zero-order valence-corrected chi connectivity index (χ0v) is 19.9. The predicted octanol–water partition coefficient (Wildman–Crippen LogP) is 4.07. The van der Waals surface area contributed by atoms with Crippen molar-refractivity contribution in [3.63, 3.8) is 0 Å². The fourth-order valence-electron chi connectivity index (χ4n) is 4.45. The Hall–Kier alpha value is -3.78. The molecule has 0 amide bonds. The summed E-state index contributed by atoms with van der Waals surface area (Å²) in [7, 11) is 3.60. The van der Waals surface area contributed by atoms with Crippen LogP contribution in [0, 0.1) is 0 Å². The topological polar surface area (TPSA) is 79.3 Å². The van der Waals surface area contributed by atoms with Gasteiger partial charge in [-0.05, 0) is 48.9 Å². The quantitative estimate of drug-likeness (QED) is 0.386. The van der Waals surface area contributed by atoms with E-state index in [1.165, 1.54) is 5.69 Å². The molecule has 34 heavy (non-hydrogen) atoms. The van der Waals surface area contributed by atoms with Crippen molar-refractivity contribution in [3.8, 4) is 5.75 Å². The third-order valence-electron chi connectivity index (χ3n) is 6.29. The average Bonchev–Trinajstić information content (AvgIpc) is 3.26. The van der Waals surface area contributed by atoms with E-state index >= 15 is 0 Å². The Morgan fingerprint density at radius 2 is 2.00 bits per heavy atom.